The molecule has 0 aromatic carbocycles. The normalized spacial score (nSPS) is 12.4. The molecule has 8 heteroatoms. The first-order chi connectivity index (χ1) is 8.59. The third kappa shape index (κ3) is 5.68. The van der Waals surface area contributed by atoms with Crippen LogP contribution in [0.15, 0.2) is 15.7 Å². The molecule has 0 aliphatic carbocycles. The largest absolute Gasteiger partial charge is 0.460 e. The molecule has 1 rings (SSSR count). The molecule has 0 saturated heterocycles. The Morgan fingerprint density at radius 1 is 1.37 bits per heavy atom. The van der Waals surface area contributed by atoms with Crippen molar-refractivity contribution in [1.29, 1.82) is 0 Å². The molecule has 1 aromatic heterocycles. The first kappa shape index (κ1) is 16.1. The molecule has 2 N–H and O–H groups in total. The first-order valence-corrected chi connectivity index (χ1v) is 7.94. The molecule has 0 unspecified atom stereocenters. The van der Waals surface area contributed by atoms with Crippen LogP contribution in [0.3, 0.4) is 0 Å². The van der Waals surface area contributed by atoms with Gasteiger partial charge in [0.15, 0.2) is 0 Å². The zero-order valence-electron chi connectivity index (χ0n) is 11.0. The lowest BCUT2D eigenvalue weighted by atomic mass is 10.2. The van der Waals surface area contributed by atoms with Gasteiger partial charge >= 0.3 is 5.97 Å². The highest BCUT2D eigenvalue weighted by molar-refractivity contribution is 7.91. The molecule has 0 atom stereocenters. The second-order valence-corrected chi connectivity index (χ2v) is 7.50. The van der Waals surface area contributed by atoms with Gasteiger partial charge in [-0.05, 0) is 26.8 Å². The minimum Gasteiger partial charge on any atom is -0.460 e. The highest BCUT2D eigenvalue weighted by atomic mass is 32.2. The van der Waals surface area contributed by atoms with Crippen molar-refractivity contribution in [2.45, 2.75) is 30.6 Å². The highest BCUT2D eigenvalue weighted by Gasteiger charge is 2.16. The number of nitrogens with two attached hydrogens (primary N) is 1. The second-order valence-electron chi connectivity index (χ2n) is 4.80. The zero-order chi connectivity index (χ0) is 14.7. The van der Waals surface area contributed by atoms with Crippen LogP contribution in [0.1, 0.15) is 31.1 Å². The van der Waals surface area contributed by atoms with E-state index in [0.29, 0.717) is 0 Å². The number of primary sulfonamides is 1. The molecule has 108 valence electrons. The molecule has 0 saturated carbocycles. The van der Waals surface area contributed by atoms with Crippen LogP contribution in [0.2, 0.25) is 0 Å². The van der Waals surface area contributed by atoms with Gasteiger partial charge in [-0.3, -0.25) is 0 Å². The Hall–Kier alpha value is -0.960. The Labute approximate surface area is 116 Å². The summed E-state index contributed by atoms with van der Waals surface area (Å²) in [6, 6.07) is 1.20. The fourth-order valence-corrected chi connectivity index (χ4v) is 2.71. The SMILES string of the molecule is CC(C)(C)OCCOC(=O)c1csc(S(N)(=O)=O)c1. The number of carbonyl (C=O) groups excluding carboxylic acids is 1. The number of sulfonamides is 1. The van der Waals surface area contributed by atoms with Crippen molar-refractivity contribution < 1.29 is 22.7 Å². The molecule has 6 nitrogen and oxygen atoms in total. The van der Waals surface area contributed by atoms with Crippen molar-refractivity contribution in [3.05, 3.63) is 17.0 Å². The number of hydrogen-bond acceptors (Lipinski definition) is 6. The highest BCUT2D eigenvalue weighted by Crippen LogP contribution is 2.19. The van der Waals surface area contributed by atoms with E-state index in [0.717, 1.165) is 11.3 Å². The molecule has 0 aliphatic rings. The standard InChI is InChI=1S/C11H17NO5S2/c1-11(2,3)17-5-4-16-10(13)8-6-9(18-7-8)19(12,14)15/h6-7H,4-5H2,1-3H3,(H2,12,14,15). The fraction of sp³-hybridized carbons (Fsp3) is 0.545. The van der Waals surface area contributed by atoms with Gasteiger partial charge in [-0.2, -0.15) is 0 Å². The predicted octanol–water partition coefficient (Wildman–Crippen LogP) is 1.37. The van der Waals surface area contributed by atoms with E-state index < -0.39 is 16.0 Å². The molecule has 0 spiro atoms. The van der Waals surface area contributed by atoms with Gasteiger partial charge in [-0.1, -0.05) is 0 Å². The van der Waals surface area contributed by atoms with Crippen molar-refractivity contribution in [3.8, 4) is 0 Å². The molecule has 0 radical (unpaired) electrons. The maximum atomic E-state index is 11.6. The van der Waals surface area contributed by atoms with Gasteiger partial charge in [-0.25, -0.2) is 18.4 Å². The maximum absolute atomic E-state index is 11.6. The summed E-state index contributed by atoms with van der Waals surface area (Å²) < 4.78 is 32.4. The summed E-state index contributed by atoms with van der Waals surface area (Å²) in [5.74, 6) is -0.594. The van der Waals surface area contributed by atoms with Gasteiger partial charge in [-0.15, -0.1) is 11.3 Å². The minimum absolute atomic E-state index is 0.0645. The molecule has 1 heterocycles. The van der Waals surface area contributed by atoms with Gasteiger partial charge in [0.05, 0.1) is 17.8 Å². The number of hydrogen-bond donors (Lipinski definition) is 1. The Bertz CT molecular complexity index is 542. The lowest BCUT2D eigenvalue weighted by Crippen LogP contribution is -2.22. The third-order valence-electron chi connectivity index (χ3n) is 1.94. The van der Waals surface area contributed by atoms with Crippen LogP contribution in [-0.2, 0) is 19.5 Å². The fourth-order valence-electron chi connectivity index (χ4n) is 1.14. The van der Waals surface area contributed by atoms with Crippen LogP contribution in [0.5, 0.6) is 0 Å². The number of carbonyl (C=O) groups is 1. The van der Waals surface area contributed by atoms with Crippen molar-refractivity contribution in [1.82, 2.24) is 0 Å². The summed E-state index contributed by atoms with van der Waals surface area (Å²) in [6.45, 7) is 6.07. The molecule has 19 heavy (non-hydrogen) atoms. The van der Waals surface area contributed by atoms with Crippen LogP contribution in [0.25, 0.3) is 0 Å². The number of thiophene rings is 1. The summed E-state index contributed by atoms with van der Waals surface area (Å²) in [7, 11) is -3.77. The van der Waals surface area contributed by atoms with E-state index >= 15 is 0 Å². The lowest BCUT2D eigenvalue weighted by Gasteiger charge is -2.19. The van der Waals surface area contributed by atoms with E-state index in [-0.39, 0.29) is 28.6 Å². The smallest absolute Gasteiger partial charge is 0.339 e. The van der Waals surface area contributed by atoms with E-state index in [9.17, 15) is 13.2 Å². The number of rotatable bonds is 5. The van der Waals surface area contributed by atoms with E-state index in [2.05, 4.69) is 0 Å². The van der Waals surface area contributed by atoms with Crippen LogP contribution in [-0.4, -0.2) is 33.2 Å². The summed E-state index contributed by atoms with van der Waals surface area (Å²) in [4.78, 5) is 11.6. The number of ether oxygens (including phenoxy) is 2. The maximum Gasteiger partial charge on any atom is 0.339 e. The van der Waals surface area contributed by atoms with Crippen molar-refractivity contribution >= 4 is 27.3 Å². The Kier molecular flexibility index (Phi) is 5.08. The van der Waals surface area contributed by atoms with Gasteiger partial charge in [0.25, 0.3) is 0 Å². The molecule has 0 amide bonds. The Morgan fingerprint density at radius 3 is 2.47 bits per heavy atom. The molecular formula is C11H17NO5S2. The lowest BCUT2D eigenvalue weighted by molar-refractivity contribution is -0.0281. The van der Waals surface area contributed by atoms with Gasteiger partial charge < -0.3 is 9.47 Å². The van der Waals surface area contributed by atoms with E-state index in [1.54, 1.807) is 0 Å². The summed E-state index contributed by atoms with van der Waals surface area (Å²) >= 11 is 0.883. The van der Waals surface area contributed by atoms with E-state index in [4.69, 9.17) is 14.6 Å². The first-order valence-electron chi connectivity index (χ1n) is 5.52. The minimum atomic E-state index is -3.77. The van der Waals surface area contributed by atoms with Crippen LogP contribution >= 0.6 is 11.3 Å². The number of esters is 1. The van der Waals surface area contributed by atoms with Gasteiger partial charge in [0.1, 0.15) is 10.8 Å². The van der Waals surface area contributed by atoms with Gasteiger partial charge in [0, 0.05) is 5.38 Å². The quantitative estimate of drug-likeness (QED) is 0.654. The topological polar surface area (TPSA) is 95.7 Å². The van der Waals surface area contributed by atoms with Crippen LogP contribution < -0.4 is 5.14 Å². The monoisotopic (exact) mass is 307 g/mol. The summed E-state index contributed by atoms with van der Waals surface area (Å²) in [5, 5.41) is 6.35. The predicted molar refractivity (Wildman–Crippen MR) is 71.7 cm³/mol. The molecule has 0 aliphatic heterocycles. The average Bonchev–Trinajstić information content (AvgIpc) is 2.71. The van der Waals surface area contributed by atoms with Crippen molar-refractivity contribution in [3.63, 3.8) is 0 Å². The third-order valence-corrected chi connectivity index (χ3v) is 4.33. The average molecular weight is 307 g/mol. The Morgan fingerprint density at radius 2 is 2.00 bits per heavy atom. The van der Waals surface area contributed by atoms with Gasteiger partial charge in [0.2, 0.25) is 10.0 Å². The molecule has 1 aromatic rings. The summed E-state index contributed by atoms with van der Waals surface area (Å²) in [6.07, 6.45) is 0. The van der Waals surface area contributed by atoms with E-state index in [1.165, 1.54) is 11.4 Å². The zero-order valence-corrected chi connectivity index (χ0v) is 12.6. The van der Waals surface area contributed by atoms with Crippen molar-refractivity contribution in [2.75, 3.05) is 13.2 Å². The molecule has 0 fully saturated rings. The van der Waals surface area contributed by atoms with Crippen LogP contribution in [0.4, 0.5) is 0 Å². The van der Waals surface area contributed by atoms with Crippen LogP contribution in [0, 0.1) is 0 Å². The van der Waals surface area contributed by atoms with Crippen molar-refractivity contribution in [2.24, 2.45) is 5.14 Å². The molecule has 0 bridgehead atoms. The summed E-state index contributed by atoms with van der Waals surface area (Å²) in [5.41, 5.74) is -0.125. The van der Waals surface area contributed by atoms with E-state index in [1.807, 2.05) is 20.8 Å². The molecular weight excluding hydrogens is 290 g/mol. The Balaban J connectivity index is 2.49. The second kappa shape index (κ2) is 6.00.